The molecule has 1 N–H and O–H groups in total. The maximum Gasteiger partial charge on any atom is 0.256 e. The molecule has 0 heterocycles. The zero-order valence-electron chi connectivity index (χ0n) is 10.6. The summed E-state index contributed by atoms with van der Waals surface area (Å²) in [4.78, 5) is 12.3. The van der Waals surface area contributed by atoms with Gasteiger partial charge >= 0.3 is 0 Å². The zero-order chi connectivity index (χ0) is 14.7. The maximum atomic E-state index is 12.3. The Morgan fingerprint density at radius 2 is 2.00 bits per heavy atom. The molecular formula is C15H10Br2N2O. The van der Waals surface area contributed by atoms with Gasteiger partial charge in [0.05, 0.1) is 11.3 Å². The predicted molar refractivity (Wildman–Crippen MR) is 85.7 cm³/mol. The van der Waals surface area contributed by atoms with Gasteiger partial charge in [0, 0.05) is 14.5 Å². The molecule has 2 aromatic rings. The number of benzene rings is 2. The Kier molecular flexibility index (Phi) is 4.58. The van der Waals surface area contributed by atoms with E-state index in [0.717, 1.165) is 14.5 Å². The largest absolute Gasteiger partial charge is 0.321 e. The molecule has 0 bridgehead atoms. The number of carbonyl (C=O) groups is 1. The molecule has 0 aliphatic rings. The number of nitriles is 1. The van der Waals surface area contributed by atoms with E-state index in [1.807, 2.05) is 13.0 Å². The summed E-state index contributed by atoms with van der Waals surface area (Å²) in [6.07, 6.45) is 0. The van der Waals surface area contributed by atoms with Crippen molar-refractivity contribution < 1.29 is 4.79 Å². The van der Waals surface area contributed by atoms with Gasteiger partial charge in [0.1, 0.15) is 6.07 Å². The summed E-state index contributed by atoms with van der Waals surface area (Å²) in [5.74, 6) is -0.238. The van der Waals surface area contributed by atoms with Crippen molar-refractivity contribution in [3.8, 4) is 6.07 Å². The number of hydrogen-bond acceptors (Lipinski definition) is 2. The Labute approximate surface area is 133 Å². The number of nitrogens with zero attached hydrogens (tertiary/aromatic N) is 1. The number of amides is 1. The van der Waals surface area contributed by atoms with Crippen LogP contribution in [0.15, 0.2) is 45.3 Å². The van der Waals surface area contributed by atoms with Crippen molar-refractivity contribution in [1.29, 1.82) is 5.26 Å². The topological polar surface area (TPSA) is 52.9 Å². The van der Waals surface area contributed by atoms with Gasteiger partial charge in [0.2, 0.25) is 0 Å². The minimum Gasteiger partial charge on any atom is -0.321 e. The highest BCUT2D eigenvalue weighted by atomic mass is 79.9. The van der Waals surface area contributed by atoms with E-state index in [-0.39, 0.29) is 5.91 Å². The smallest absolute Gasteiger partial charge is 0.256 e. The van der Waals surface area contributed by atoms with Crippen LogP contribution in [0.25, 0.3) is 0 Å². The lowest BCUT2D eigenvalue weighted by Crippen LogP contribution is -2.14. The molecule has 0 radical (unpaired) electrons. The highest BCUT2D eigenvalue weighted by Gasteiger charge is 2.13. The highest BCUT2D eigenvalue weighted by molar-refractivity contribution is 9.10. The number of halogens is 2. The van der Waals surface area contributed by atoms with E-state index in [1.165, 1.54) is 0 Å². The van der Waals surface area contributed by atoms with Crippen LogP contribution in [0.4, 0.5) is 5.69 Å². The Morgan fingerprint density at radius 1 is 1.25 bits per heavy atom. The van der Waals surface area contributed by atoms with Gasteiger partial charge in [-0.1, -0.05) is 37.9 Å². The Morgan fingerprint density at radius 3 is 2.70 bits per heavy atom. The molecule has 0 aliphatic heterocycles. The normalized spacial score (nSPS) is 9.90. The fourth-order valence-corrected chi connectivity index (χ4v) is 2.49. The van der Waals surface area contributed by atoms with Crippen molar-refractivity contribution in [2.45, 2.75) is 6.92 Å². The van der Waals surface area contributed by atoms with Crippen LogP contribution in [0, 0.1) is 18.3 Å². The molecule has 3 nitrogen and oxygen atoms in total. The van der Waals surface area contributed by atoms with E-state index in [2.05, 4.69) is 43.2 Å². The third-order valence-corrected chi connectivity index (χ3v) is 4.21. The Hall–Kier alpha value is -1.64. The van der Waals surface area contributed by atoms with Crippen molar-refractivity contribution in [2.75, 3.05) is 5.32 Å². The summed E-state index contributed by atoms with van der Waals surface area (Å²) in [5, 5.41) is 11.8. The molecule has 0 aromatic heterocycles. The minimum absolute atomic E-state index is 0.238. The van der Waals surface area contributed by atoms with Crippen molar-refractivity contribution in [2.24, 2.45) is 0 Å². The monoisotopic (exact) mass is 392 g/mol. The second-order valence-corrected chi connectivity index (χ2v) is 5.94. The van der Waals surface area contributed by atoms with Gasteiger partial charge in [-0.25, -0.2) is 0 Å². The molecule has 0 unspecified atom stereocenters. The van der Waals surface area contributed by atoms with Crippen LogP contribution in [0.5, 0.6) is 0 Å². The third kappa shape index (κ3) is 3.09. The summed E-state index contributed by atoms with van der Waals surface area (Å²) < 4.78 is 1.68. The third-order valence-electron chi connectivity index (χ3n) is 2.86. The molecule has 0 aliphatic carbocycles. The summed E-state index contributed by atoms with van der Waals surface area (Å²) in [5.41, 5.74) is 2.35. The van der Waals surface area contributed by atoms with Crippen LogP contribution in [-0.2, 0) is 0 Å². The second-order valence-electron chi connectivity index (χ2n) is 4.17. The molecule has 5 heteroatoms. The average Bonchev–Trinajstić information content (AvgIpc) is 2.42. The molecule has 0 saturated heterocycles. The summed E-state index contributed by atoms with van der Waals surface area (Å²) in [6, 6.07) is 12.6. The molecule has 0 saturated carbocycles. The van der Waals surface area contributed by atoms with Crippen molar-refractivity contribution in [3.63, 3.8) is 0 Å². The fraction of sp³-hybridized carbons (Fsp3) is 0.0667. The summed E-state index contributed by atoms with van der Waals surface area (Å²) in [7, 11) is 0. The minimum atomic E-state index is -0.238. The van der Waals surface area contributed by atoms with Gasteiger partial charge in [0.15, 0.2) is 0 Å². The first-order chi connectivity index (χ1) is 9.52. The van der Waals surface area contributed by atoms with E-state index in [0.29, 0.717) is 16.8 Å². The Bertz CT molecular complexity index is 720. The average molecular weight is 394 g/mol. The molecule has 2 rings (SSSR count). The molecule has 0 spiro atoms. The first-order valence-electron chi connectivity index (χ1n) is 5.79. The quantitative estimate of drug-likeness (QED) is 0.807. The van der Waals surface area contributed by atoms with Gasteiger partial charge in [-0.05, 0) is 42.8 Å². The predicted octanol–water partition coefficient (Wildman–Crippen LogP) is 4.64. The van der Waals surface area contributed by atoms with E-state index >= 15 is 0 Å². The summed E-state index contributed by atoms with van der Waals surface area (Å²) in [6.45, 7) is 1.87. The number of nitrogens with one attached hydrogen (secondary N) is 1. The van der Waals surface area contributed by atoms with Gasteiger partial charge in [-0.15, -0.1) is 0 Å². The first-order valence-corrected chi connectivity index (χ1v) is 7.37. The number of rotatable bonds is 2. The fourth-order valence-electron chi connectivity index (χ4n) is 1.76. The molecule has 100 valence electrons. The van der Waals surface area contributed by atoms with E-state index in [4.69, 9.17) is 5.26 Å². The van der Waals surface area contributed by atoms with Gasteiger partial charge in [-0.3, -0.25) is 4.79 Å². The lowest BCUT2D eigenvalue weighted by Gasteiger charge is -2.10. The van der Waals surface area contributed by atoms with E-state index in [1.54, 1.807) is 30.3 Å². The van der Waals surface area contributed by atoms with Gasteiger partial charge in [-0.2, -0.15) is 5.26 Å². The lowest BCUT2D eigenvalue weighted by atomic mass is 10.1. The molecule has 1 amide bonds. The van der Waals surface area contributed by atoms with Crippen LogP contribution in [0.3, 0.4) is 0 Å². The van der Waals surface area contributed by atoms with Gasteiger partial charge < -0.3 is 5.32 Å². The first kappa shape index (κ1) is 14.8. The van der Waals surface area contributed by atoms with Crippen LogP contribution in [0.1, 0.15) is 21.5 Å². The highest BCUT2D eigenvalue weighted by Crippen LogP contribution is 2.24. The number of hydrogen-bond donors (Lipinski definition) is 1. The lowest BCUT2D eigenvalue weighted by molar-refractivity contribution is 0.102. The van der Waals surface area contributed by atoms with Crippen LogP contribution < -0.4 is 5.32 Å². The standard InChI is InChI=1S/C15H10Br2N2O/c1-9-12(3-2-4-13(9)17)15(20)19-14-7-11(16)6-5-10(14)8-18/h2-7H,1H3,(H,19,20). The van der Waals surface area contributed by atoms with Crippen LogP contribution in [0.2, 0.25) is 0 Å². The SMILES string of the molecule is Cc1c(Br)cccc1C(=O)Nc1cc(Br)ccc1C#N. The van der Waals surface area contributed by atoms with Crippen molar-refractivity contribution in [1.82, 2.24) is 0 Å². The molecule has 2 aromatic carbocycles. The Balaban J connectivity index is 2.35. The van der Waals surface area contributed by atoms with Crippen LogP contribution in [-0.4, -0.2) is 5.91 Å². The van der Waals surface area contributed by atoms with Crippen molar-refractivity contribution >= 4 is 43.5 Å². The maximum absolute atomic E-state index is 12.3. The number of carbonyl (C=O) groups excluding carboxylic acids is 1. The zero-order valence-corrected chi connectivity index (χ0v) is 13.7. The second kappa shape index (κ2) is 6.21. The number of anilines is 1. The molecule has 0 fully saturated rings. The van der Waals surface area contributed by atoms with Crippen molar-refractivity contribution in [3.05, 3.63) is 62.0 Å². The van der Waals surface area contributed by atoms with Crippen LogP contribution >= 0.6 is 31.9 Å². The van der Waals surface area contributed by atoms with Gasteiger partial charge in [0.25, 0.3) is 5.91 Å². The van der Waals surface area contributed by atoms with E-state index < -0.39 is 0 Å². The van der Waals surface area contributed by atoms with E-state index in [9.17, 15) is 4.79 Å². The summed E-state index contributed by atoms with van der Waals surface area (Å²) >= 11 is 6.73. The molecular weight excluding hydrogens is 384 g/mol. The molecule has 0 atom stereocenters. The molecule has 20 heavy (non-hydrogen) atoms.